The largest absolute Gasteiger partial charge is 0.409 e. The topological polar surface area (TPSA) is 78.0 Å². The molecule has 0 aliphatic carbocycles. The molecule has 20 heavy (non-hydrogen) atoms. The molecule has 110 valence electrons. The van der Waals surface area contributed by atoms with E-state index in [1.165, 1.54) is 0 Å². The molecule has 0 saturated carbocycles. The number of aromatic nitrogens is 1. The van der Waals surface area contributed by atoms with E-state index in [-0.39, 0.29) is 5.84 Å². The molecule has 0 amide bonds. The number of aryl methyl sites for hydroxylation is 2. The molecule has 0 bridgehead atoms. The number of piperazine rings is 1. The van der Waals surface area contributed by atoms with E-state index in [9.17, 15) is 0 Å². The van der Waals surface area contributed by atoms with Gasteiger partial charge in [0.05, 0.1) is 5.56 Å². The van der Waals surface area contributed by atoms with Gasteiger partial charge in [0.1, 0.15) is 5.82 Å². The van der Waals surface area contributed by atoms with Crippen LogP contribution in [0.3, 0.4) is 0 Å². The van der Waals surface area contributed by atoms with Crippen LogP contribution in [0.1, 0.15) is 23.7 Å². The molecule has 1 saturated heterocycles. The number of amidine groups is 1. The Morgan fingerprint density at radius 1 is 1.35 bits per heavy atom. The van der Waals surface area contributed by atoms with Crippen molar-refractivity contribution in [2.45, 2.75) is 20.8 Å². The Bertz CT molecular complexity index is 507. The van der Waals surface area contributed by atoms with Gasteiger partial charge < -0.3 is 20.7 Å². The molecule has 0 unspecified atom stereocenters. The number of hydrogen-bond acceptors (Lipinski definition) is 5. The minimum atomic E-state index is 0.128. The van der Waals surface area contributed by atoms with Crippen LogP contribution >= 0.6 is 0 Å². The first-order valence-electron chi connectivity index (χ1n) is 7.00. The highest BCUT2D eigenvalue weighted by Crippen LogP contribution is 2.23. The Morgan fingerprint density at radius 2 is 2.00 bits per heavy atom. The van der Waals surface area contributed by atoms with Gasteiger partial charge in [-0.25, -0.2) is 4.98 Å². The van der Waals surface area contributed by atoms with E-state index in [0.29, 0.717) is 0 Å². The summed E-state index contributed by atoms with van der Waals surface area (Å²) in [5.41, 5.74) is 8.50. The summed E-state index contributed by atoms with van der Waals surface area (Å²) in [6.45, 7) is 11.0. The number of hydrogen-bond donors (Lipinski definition) is 2. The van der Waals surface area contributed by atoms with Crippen molar-refractivity contribution in [3.63, 3.8) is 0 Å². The Morgan fingerprint density at radius 3 is 2.55 bits per heavy atom. The van der Waals surface area contributed by atoms with E-state index >= 15 is 0 Å². The summed E-state index contributed by atoms with van der Waals surface area (Å²) in [5, 5.41) is 12.1. The highest BCUT2D eigenvalue weighted by atomic mass is 16.4. The molecular formula is C14H23N5O. The van der Waals surface area contributed by atoms with E-state index in [2.05, 4.69) is 26.9 Å². The first-order valence-corrected chi connectivity index (χ1v) is 7.00. The maximum Gasteiger partial charge on any atom is 0.174 e. The van der Waals surface area contributed by atoms with Crippen molar-refractivity contribution in [2.24, 2.45) is 10.9 Å². The van der Waals surface area contributed by atoms with Gasteiger partial charge in [0.15, 0.2) is 5.84 Å². The molecule has 1 aliphatic heterocycles. The van der Waals surface area contributed by atoms with Gasteiger partial charge in [-0.3, -0.25) is 0 Å². The van der Waals surface area contributed by atoms with Crippen LogP contribution in [0.25, 0.3) is 0 Å². The second-order valence-corrected chi connectivity index (χ2v) is 5.19. The predicted molar refractivity (Wildman–Crippen MR) is 80.5 cm³/mol. The Labute approximate surface area is 119 Å². The molecule has 0 spiro atoms. The molecule has 1 aromatic heterocycles. The molecule has 1 aromatic rings. The second kappa shape index (κ2) is 6.09. The predicted octanol–water partition coefficient (Wildman–Crippen LogP) is 0.935. The lowest BCUT2D eigenvalue weighted by atomic mass is 10.1. The van der Waals surface area contributed by atoms with Crippen molar-refractivity contribution in [3.05, 3.63) is 22.9 Å². The number of nitrogens with two attached hydrogens (primary N) is 1. The van der Waals surface area contributed by atoms with Crippen molar-refractivity contribution < 1.29 is 5.21 Å². The normalized spacial score (nSPS) is 17.6. The van der Waals surface area contributed by atoms with Gasteiger partial charge in [0.25, 0.3) is 0 Å². The molecule has 0 aromatic carbocycles. The number of rotatable bonds is 3. The van der Waals surface area contributed by atoms with Gasteiger partial charge in [0.2, 0.25) is 0 Å². The van der Waals surface area contributed by atoms with E-state index in [4.69, 9.17) is 10.9 Å². The lowest BCUT2D eigenvalue weighted by molar-refractivity contribution is 0.270. The minimum Gasteiger partial charge on any atom is -0.409 e. The van der Waals surface area contributed by atoms with Crippen LogP contribution in [0.4, 0.5) is 5.82 Å². The maximum atomic E-state index is 8.99. The number of oxime groups is 1. The number of pyridine rings is 1. The number of anilines is 1. The van der Waals surface area contributed by atoms with Crippen molar-refractivity contribution in [1.29, 1.82) is 0 Å². The number of likely N-dealkylation sites (N-methyl/N-ethyl adjacent to an activating group) is 1. The molecule has 1 aliphatic rings. The SMILES string of the molecule is CCN1CCN(c2nc(C)cc(C)c2C(N)=NO)CC1. The fourth-order valence-corrected chi connectivity index (χ4v) is 2.69. The summed E-state index contributed by atoms with van der Waals surface area (Å²) in [4.78, 5) is 9.24. The summed E-state index contributed by atoms with van der Waals surface area (Å²) >= 11 is 0. The van der Waals surface area contributed by atoms with Crippen LogP contribution in [0, 0.1) is 13.8 Å². The van der Waals surface area contributed by atoms with Crippen molar-refractivity contribution in [2.75, 3.05) is 37.6 Å². The third-order valence-corrected chi connectivity index (χ3v) is 3.81. The average Bonchev–Trinajstić information content (AvgIpc) is 2.46. The lowest BCUT2D eigenvalue weighted by Gasteiger charge is -2.36. The zero-order chi connectivity index (χ0) is 14.7. The monoisotopic (exact) mass is 277 g/mol. The Kier molecular flexibility index (Phi) is 4.44. The van der Waals surface area contributed by atoms with Crippen LogP contribution in [0.5, 0.6) is 0 Å². The summed E-state index contributed by atoms with van der Waals surface area (Å²) in [6, 6.07) is 1.96. The molecular weight excluding hydrogens is 254 g/mol. The van der Waals surface area contributed by atoms with Gasteiger partial charge in [-0.05, 0) is 32.0 Å². The molecule has 2 heterocycles. The summed E-state index contributed by atoms with van der Waals surface area (Å²) in [5.74, 6) is 0.955. The van der Waals surface area contributed by atoms with Crippen LogP contribution in [0.15, 0.2) is 11.2 Å². The first kappa shape index (κ1) is 14.6. The summed E-state index contributed by atoms with van der Waals surface area (Å²) in [7, 11) is 0. The molecule has 2 rings (SSSR count). The lowest BCUT2D eigenvalue weighted by Crippen LogP contribution is -2.47. The highest BCUT2D eigenvalue weighted by Gasteiger charge is 2.22. The van der Waals surface area contributed by atoms with Gasteiger partial charge in [-0.1, -0.05) is 12.1 Å². The summed E-state index contributed by atoms with van der Waals surface area (Å²) in [6.07, 6.45) is 0. The molecule has 6 heteroatoms. The molecule has 6 nitrogen and oxygen atoms in total. The van der Waals surface area contributed by atoms with Crippen molar-refractivity contribution >= 4 is 11.7 Å². The highest BCUT2D eigenvalue weighted by molar-refractivity contribution is 6.02. The van der Waals surface area contributed by atoms with E-state index in [1.807, 2.05) is 19.9 Å². The van der Waals surface area contributed by atoms with Crippen molar-refractivity contribution in [3.8, 4) is 0 Å². The second-order valence-electron chi connectivity index (χ2n) is 5.19. The van der Waals surface area contributed by atoms with Gasteiger partial charge in [-0.2, -0.15) is 0 Å². The Balaban J connectivity index is 2.36. The third-order valence-electron chi connectivity index (χ3n) is 3.81. The molecule has 1 fully saturated rings. The third kappa shape index (κ3) is 2.85. The first-order chi connectivity index (χ1) is 9.56. The van der Waals surface area contributed by atoms with E-state index < -0.39 is 0 Å². The van der Waals surface area contributed by atoms with Crippen molar-refractivity contribution in [1.82, 2.24) is 9.88 Å². The average molecular weight is 277 g/mol. The zero-order valence-corrected chi connectivity index (χ0v) is 12.4. The standard InChI is InChI=1S/C14H23N5O/c1-4-18-5-7-19(8-6-18)14-12(13(15)17-20)10(2)9-11(3)16-14/h9,20H,4-8H2,1-3H3,(H2,15,17). The quantitative estimate of drug-likeness (QED) is 0.372. The molecule has 0 radical (unpaired) electrons. The van der Waals surface area contributed by atoms with Crippen LogP contribution in [-0.2, 0) is 0 Å². The maximum absolute atomic E-state index is 8.99. The van der Waals surface area contributed by atoms with Gasteiger partial charge in [-0.15, -0.1) is 0 Å². The van der Waals surface area contributed by atoms with E-state index in [0.717, 1.165) is 55.4 Å². The van der Waals surface area contributed by atoms with Gasteiger partial charge >= 0.3 is 0 Å². The van der Waals surface area contributed by atoms with Crippen LogP contribution in [-0.4, -0.2) is 53.7 Å². The van der Waals surface area contributed by atoms with Gasteiger partial charge in [0, 0.05) is 31.9 Å². The van der Waals surface area contributed by atoms with Crippen LogP contribution in [0.2, 0.25) is 0 Å². The molecule has 3 N–H and O–H groups in total. The fourth-order valence-electron chi connectivity index (χ4n) is 2.69. The minimum absolute atomic E-state index is 0.128. The zero-order valence-electron chi connectivity index (χ0n) is 12.4. The molecule has 0 atom stereocenters. The Hall–Kier alpha value is -1.82. The van der Waals surface area contributed by atoms with E-state index in [1.54, 1.807) is 0 Å². The number of nitrogens with zero attached hydrogens (tertiary/aromatic N) is 4. The van der Waals surface area contributed by atoms with Crippen LogP contribution < -0.4 is 10.6 Å². The summed E-state index contributed by atoms with van der Waals surface area (Å²) < 4.78 is 0. The smallest absolute Gasteiger partial charge is 0.174 e. The fraction of sp³-hybridized carbons (Fsp3) is 0.571.